The van der Waals surface area contributed by atoms with Crippen molar-refractivity contribution in [1.29, 1.82) is 0 Å². The largest absolute Gasteiger partial charge is 0.395 e. The Morgan fingerprint density at radius 2 is 2.31 bits per heavy atom. The molecule has 1 unspecified atom stereocenters. The lowest BCUT2D eigenvalue weighted by atomic mass is 10.2. The van der Waals surface area contributed by atoms with Crippen molar-refractivity contribution in [3.8, 4) is 10.6 Å². The summed E-state index contributed by atoms with van der Waals surface area (Å²) in [5, 5.41) is 14.0. The molecule has 0 aliphatic rings. The van der Waals surface area contributed by atoms with Crippen LogP contribution in [0.15, 0.2) is 16.8 Å². The standard InChI is InChI=1S/C11H14N2OS2/c1-7-2-3-15-11(7)9-6-16-10(13-9)4-8(12)5-14/h2-3,6,8,14H,4-5,12H2,1H3. The van der Waals surface area contributed by atoms with Crippen molar-refractivity contribution in [2.45, 2.75) is 19.4 Å². The molecule has 2 heterocycles. The van der Waals surface area contributed by atoms with E-state index in [9.17, 15) is 0 Å². The molecule has 2 rings (SSSR count). The highest BCUT2D eigenvalue weighted by Gasteiger charge is 2.10. The van der Waals surface area contributed by atoms with E-state index in [-0.39, 0.29) is 12.6 Å². The summed E-state index contributed by atoms with van der Waals surface area (Å²) >= 11 is 3.31. The molecule has 0 bridgehead atoms. The first-order valence-corrected chi connectivity index (χ1v) is 6.82. The van der Waals surface area contributed by atoms with Gasteiger partial charge in [-0.3, -0.25) is 0 Å². The number of aryl methyl sites for hydroxylation is 1. The smallest absolute Gasteiger partial charge is 0.0949 e. The lowest BCUT2D eigenvalue weighted by Crippen LogP contribution is -2.26. The molecule has 0 saturated heterocycles. The lowest BCUT2D eigenvalue weighted by Gasteiger charge is -2.03. The predicted molar refractivity (Wildman–Crippen MR) is 68.9 cm³/mol. The van der Waals surface area contributed by atoms with E-state index in [4.69, 9.17) is 10.8 Å². The molecule has 16 heavy (non-hydrogen) atoms. The van der Waals surface area contributed by atoms with Crippen LogP contribution in [0.3, 0.4) is 0 Å². The number of nitrogens with two attached hydrogens (primary N) is 1. The number of aliphatic hydroxyl groups excluding tert-OH is 1. The van der Waals surface area contributed by atoms with Crippen LogP contribution in [-0.2, 0) is 6.42 Å². The number of nitrogens with zero attached hydrogens (tertiary/aromatic N) is 1. The van der Waals surface area contributed by atoms with Crippen LogP contribution in [0.2, 0.25) is 0 Å². The minimum atomic E-state index is -0.205. The van der Waals surface area contributed by atoms with Crippen LogP contribution in [0, 0.1) is 6.92 Å². The van der Waals surface area contributed by atoms with Crippen LogP contribution >= 0.6 is 22.7 Å². The number of thiazole rings is 1. The van der Waals surface area contributed by atoms with Gasteiger partial charge in [-0.15, -0.1) is 22.7 Å². The molecule has 3 N–H and O–H groups in total. The van der Waals surface area contributed by atoms with Gasteiger partial charge in [0, 0.05) is 17.8 Å². The second kappa shape index (κ2) is 5.05. The van der Waals surface area contributed by atoms with Gasteiger partial charge in [-0.1, -0.05) is 0 Å². The van der Waals surface area contributed by atoms with Gasteiger partial charge in [0.25, 0.3) is 0 Å². The van der Waals surface area contributed by atoms with Crippen LogP contribution in [-0.4, -0.2) is 22.7 Å². The average molecular weight is 254 g/mol. The lowest BCUT2D eigenvalue weighted by molar-refractivity contribution is 0.265. The molecule has 0 aromatic carbocycles. The number of aromatic nitrogens is 1. The average Bonchev–Trinajstić information content (AvgIpc) is 2.86. The van der Waals surface area contributed by atoms with Gasteiger partial charge in [0.15, 0.2) is 0 Å². The molecule has 0 amide bonds. The monoisotopic (exact) mass is 254 g/mol. The van der Waals surface area contributed by atoms with Crippen molar-refractivity contribution in [3.63, 3.8) is 0 Å². The van der Waals surface area contributed by atoms with E-state index >= 15 is 0 Å². The highest BCUT2D eigenvalue weighted by atomic mass is 32.1. The van der Waals surface area contributed by atoms with Crippen molar-refractivity contribution in [3.05, 3.63) is 27.4 Å². The van der Waals surface area contributed by atoms with Crippen LogP contribution in [0.25, 0.3) is 10.6 Å². The van der Waals surface area contributed by atoms with E-state index in [1.807, 2.05) is 0 Å². The molecule has 0 aliphatic heterocycles. The first-order chi connectivity index (χ1) is 7.70. The maximum Gasteiger partial charge on any atom is 0.0949 e. The van der Waals surface area contributed by atoms with Gasteiger partial charge in [0.2, 0.25) is 0 Å². The first kappa shape index (κ1) is 11.7. The number of aliphatic hydroxyl groups is 1. The maximum absolute atomic E-state index is 8.88. The zero-order chi connectivity index (χ0) is 11.5. The summed E-state index contributed by atoms with van der Waals surface area (Å²) in [5.74, 6) is 0. The van der Waals surface area contributed by atoms with E-state index in [2.05, 4.69) is 28.7 Å². The van der Waals surface area contributed by atoms with Crippen LogP contribution in [0.5, 0.6) is 0 Å². The Kier molecular flexibility index (Phi) is 3.70. The van der Waals surface area contributed by atoms with Crippen molar-refractivity contribution in [2.75, 3.05) is 6.61 Å². The Morgan fingerprint density at radius 1 is 1.50 bits per heavy atom. The molecule has 0 radical (unpaired) electrons. The Morgan fingerprint density at radius 3 is 2.94 bits per heavy atom. The number of hydrogen-bond acceptors (Lipinski definition) is 5. The van der Waals surface area contributed by atoms with Gasteiger partial charge in [0.05, 0.1) is 22.2 Å². The first-order valence-electron chi connectivity index (χ1n) is 5.06. The molecule has 86 valence electrons. The number of hydrogen-bond donors (Lipinski definition) is 2. The normalized spacial score (nSPS) is 12.9. The third kappa shape index (κ3) is 2.49. The van der Waals surface area contributed by atoms with Crippen molar-refractivity contribution < 1.29 is 5.11 Å². The molecule has 0 spiro atoms. The fourth-order valence-electron chi connectivity index (χ4n) is 1.43. The fourth-order valence-corrected chi connectivity index (χ4v) is 3.27. The summed E-state index contributed by atoms with van der Waals surface area (Å²) in [6, 6.07) is 1.89. The Hall–Kier alpha value is -0.750. The quantitative estimate of drug-likeness (QED) is 0.878. The summed E-state index contributed by atoms with van der Waals surface area (Å²) in [4.78, 5) is 5.76. The second-order valence-corrected chi connectivity index (χ2v) is 5.56. The van der Waals surface area contributed by atoms with Gasteiger partial charge in [-0.2, -0.15) is 0 Å². The Bertz CT molecular complexity index is 464. The summed E-state index contributed by atoms with van der Waals surface area (Å²) in [6.07, 6.45) is 0.644. The maximum atomic E-state index is 8.88. The number of rotatable bonds is 4. The highest BCUT2D eigenvalue weighted by Crippen LogP contribution is 2.30. The molecule has 0 saturated carbocycles. The van der Waals surface area contributed by atoms with Gasteiger partial charge >= 0.3 is 0 Å². The minimum Gasteiger partial charge on any atom is -0.395 e. The Labute approximate surface area is 103 Å². The van der Waals surface area contributed by atoms with Gasteiger partial charge in [-0.05, 0) is 23.9 Å². The third-order valence-corrected chi connectivity index (χ3v) is 4.23. The van der Waals surface area contributed by atoms with Crippen LogP contribution in [0.1, 0.15) is 10.6 Å². The highest BCUT2D eigenvalue weighted by molar-refractivity contribution is 7.14. The van der Waals surface area contributed by atoms with E-state index in [1.54, 1.807) is 22.7 Å². The molecule has 0 aliphatic carbocycles. The van der Waals surface area contributed by atoms with E-state index in [0.717, 1.165) is 10.7 Å². The number of thiophene rings is 1. The predicted octanol–water partition coefficient (Wildman–Crippen LogP) is 2.04. The van der Waals surface area contributed by atoms with E-state index < -0.39 is 0 Å². The minimum absolute atomic E-state index is 0.00689. The Balaban J connectivity index is 2.17. The molecular weight excluding hydrogens is 240 g/mol. The SMILES string of the molecule is Cc1ccsc1-c1csc(CC(N)CO)n1. The van der Waals surface area contributed by atoms with E-state index in [0.29, 0.717) is 6.42 Å². The van der Waals surface area contributed by atoms with Crippen LogP contribution in [0.4, 0.5) is 0 Å². The fraction of sp³-hybridized carbons (Fsp3) is 0.364. The zero-order valence-corrected chi connectivity index (χ0v) is 10.6. The summed E-state index contributed by atoms with van der Waals surface area (Å²) in [7, 11) is 0. The molecular formula is C11H14N2OS2. The molecule has 5 heteroatoms. The molecule has 0 fully saturated rings. The summed E-state index contributed by atoms with van der Waals surface area (Å²) < 4.78 is 0. The van der Waals surface area contributed by atoms with Crippen molar-refractivity contribution in [2.24, 2.45) is 5.73 Å². The van der Waals surface area contributed by atoms with E-state index in [1.165, 1.54) is 10.4 Å². The van der Waals surface area contributed by atoms with Gasteiger partial charge < -0.3 is 10.8 Å². The molecule has 2 aromatic heterocycles. The van der Waals surface area contributed by atoms with Crippen LogP contribution < -0.4 is 5.73 Å². The van der Waals surface area contributed by atoms with Crippen molar-refractivity contribution in [1.82, 2.24) is 4.98 Å². The molecule has 2 aromatic rings. The van der Waals surface area contributed by atoms with Crippen molar-refractivity contribution >= 4 is 22.7 Å². The van der Waals surface area contributed by atoms with Gasteiger partial charge in [-0.25, -0.2) is 4.98 Å². The summed E-state index contributed by atoms with van der Waals surface area (Å²) in [5.41, 5.74) is 7.97. The zero-order valence-electron chi connectivity index (χ0n) is 9.01. The summed E-state index contributed by atoms with van der Waals surface area (Å²) in [6.45, 7) is 2.09. The topological polar surface area (TPSA) is 59.1 Å². The third-order valence-electron chi connectivity index (χ3n) is 2.32. The molecule has 3 nitrogen and oxygen atoms in total. The molecule has 1 atom stereocenters. The van der Waals surface area contributed by atoms with Gasteiger partial charge in [0.1, 0.15) is 0 Å². The second-order valence-electron chi connectivity index (χ2n) is 3.71.